The zero-order valence-electron chi connectivity index (χ0n) is 13.0. The predicted molar refractivity (Wildman–Crippen MR) is 88.6 cm³/mol. The van der Waals surface area contributed by atoms with E-state index in [1.807, 2.05) is 30.3 Å². The van der Waals surface area contributed by atoms with Gasteiger partial charge in [0.05, 0.1) is 0 Å². The molecule has 0 heterocycles. The Hall–Kier alpha value is -0.430. The Morgan fingerprint density at radius 1 is 0.600 bits per heavy atom. The third kappa shape index (κ3) is 19.9. The summed E-state index contributed by atoms with van der Waals surface area (Å²) < 4.78 is 0. The minimum Gasteiger partial charge on any atom is -0.214 e. The maximum atomic E-state index is 3.36. The monoisotopic (exact) mass is 440 g/mol. The molecule has 0 unspecified atom stereocenters. The van der Waals surface area contributed by atoms with Crippen molar-refractivity contribution in [3.8, 4) is 0 Å². The second kappa shape index (κ2) is 20.9. The van der Waals surface area contributed by atoms with Gasteiger partial charge in [-0.25, -0.2) is 12.1 Å². The number of allylic oxidation sites excluding steroid dienone is 2. The quantitative estimate of drug-likeness (QED) is 0.338. The molecule has 2 saturated carbocycles. The molecule has 0 bridgehead atoms. The van der Waals surface area contributed by atoms with Gasteiger partial charge < -0.3 is 0 Å². The molecule has 0 aromatic heterocycles. The average Bonchev–Trinajstić information content (AvgIpc) is 3.28. The Morgan fingerprint density at radius 3 is 0.950 bits per heavy atom. The van der Waals surface area contributed by atoms with Crippen molar-refractivity contribution in [2.45, 2.75) is 64.2 Å². The van der Waals surface area contributed by atoms with Crippen LogP contribution in [0.2, 0.25) is 0 Å². The van der Waals surface area contributed by atoms with Crippen LogP contribution in [0.4, 0.5) is 0 Å². The number of hydrogen-bond donors (Lipinski definition) is 0. The van der Waals surface area contributed by atoms with Crippen molar-refractivity contribution in [1.82, 2.24) is 0 Å². The van der Waals surface area contributed by atoms with E-state index in [9.17, 15) is 0 Å². The zero-order valence-corrected chi connectivity index (χ0v) is 16.2. The van der Waals surface area contributed by atoms with Gasteiger partial charge in [-0.1, -0.05) is 89.5 Å². The Bertz CT molecular complexity index is 205. The summed E-state index contributed by atoms with van der Waals surface area (Å²) in [6.45, 7) is 6.72. The van der Waals surface area contributed by atoms with Crippen molar-refractivity contribution in [3.05, 3.63) is 55.6 Å². The summed E-state index contributed by atoms with van der Waals surface area (Å²) >= 11 is 0. The largest absolute Gasteiger partial charge is 2.00 e. The van der Waals surface area contributed by atoms with E-state index in [1.165, 1.54) is 64.2 Å². The van der Waals surface area contributed by atoms with Gasteiger partial charge in [-0.3, -0.25) is 0 Å². The van der Waals surface area contributed by atoms with Gasteiger partial charge in [-0.2, -0.15) is 18.2 Å². The molecule has 3 rings (SSSR count). The smallest absolute Gasteiger partial charge is 0.214 e. The van der Waals surface area contributed by atoms with Crippen LogP contribution < -0.4 is 0 Å². The summed E-state index contributed by atoms with van der Waals surface area (Å²) in [5, 5.41) is 0. The molecule has 0 saturated heterocycles. The van der Waals surface area contributed by atoms with Crippen molar-refractivity contribution >= 4 is 0 Å². The molecule has 1 aromatic rings. The van der Waals surface area contributed by atoms with E-state index in [1.54, 1.807) is 12.2 Å². The SMILES string of the molecule is C1CCCC1.C1CCCC1.C=CC=C.[Ta+2].c1cc[cH-]c1. The molecule has 1 aromatic carbocycles. The average molecular weight is 440 g/mol. The van der Waals surface area contributed by atoms with Gasteiger partial charge in [-0.15, -0.1) is 0 Å². The number of hydrogen-bond acceptors (Lipinski definition) is 0. The molecule has 2 fully saturated rings. The maximum absolute atomic E-state index is 3.36. The van der Waals surface area contributed by atoms with E-state index in [-0.39, 0.29) is 22.4 Å². The summed E-state index contributed by atoms with van der Waals surface area (Å²) in [5.41, 5.74) is 0. The molecule has 0 atom stereocenters. The van der Waals surface area contributed by atoms with Gasteiger partial charge in [0.25, 0.3) is 0 Å². The van der Waals surface area contributed by atoms with Crippen molar-refractivity contribution < 1.29 is 22.4 Å². The van der Waals surface area contributed by atoms with Crippen LogP contribution in [0.25, 0.3) is 0 Å². The predicted octanol–water partition coefficient (Wildman–Crippen LogP) is 6.66. The van der Waals surface area contributed by atoms with Gasteiger partial charge in [0.2, 0.25) is 0 Å². The van der Waals surface area contributed by atoms with Crippen LogP contribution >= 0.6 is 0 Å². The van der Waals surface area contributed by atoms with Crippen molar-refractivity contribution in [3.63, 3.8) is 0 Å². The standard InChI is InChI=1S/2C5H10.C5H5.C4H6.Ta/c3*1-2-4-5-3-1;1-3-4-2;/h2*1-5H2;1-5H;3-4H,1-2H2;/q;;-1;;+2. The van der Waals surface area contributed by atoms with Crippen LogP contribution in [0.3, 0.4) is 0 Å². The Kier molecular flexibility index (Phi) is 22.8. The van der Waals surface area contributed by atoms with Gasteiger partial charge >= 0.3 is 22.4 Å². The van der Waals surface area contributed by atoms with Crippen molar-refractivity contribution in [2.75, 3.05) is 0 Å². The normalized spacial score (nSPS) is 15.0. The first kappa shape index (κ1) is 21.9. The molecule has 0 nitrogen and oxygen atoms in total. The first-order valence-electron chi connectivity index (χ1n) is 7.82. The molecule has 2 aliphatic rings. The summed E-state index contributed by atoms with van der Waals surface area (Å²) in [6, 6.07) is 10.0. The summed E-state index contributed by atoms with van der Waals surface area (Å²) in [4.78, 5) is 0. The van der Waals surface area contributed by atoms with Crippen LogP contribution in [0.15, 0.2) is 55.6 Å². The topological polar surface area (TPSA) is 0 Å². The minimum atomic E-state index is 0. The van der Waals surface area contributed by atoms with Gasteiger partial charge in [-0.05, 0) is 0 Å². The van der Waals surface area contributed by atoms with E-state index < -0.39 is 0 Å². The molecular formula is C19H31Ta+. The van der Waals surface area contributed by atoms with Gasteiger partial charge in [0, 0.05) is 0 Å². The van der Waals surface area contributed by atoms with E-state index in [0.29, 0.717) is 0 Å². The van der Waals surface area contributed by atoms with Crippen LogP contribution in [-0.4, -0.2) is 0 Å². The third-order valence-corrected chi connectivity index (χ3v) is 3.22. The Morgan fingerprint density at radius 2 is 0.850 bits per heavy atom. The second-order valence-corrected chi connectivity index (χ2v) is 4.97. The molecule has 1 heteroatoms. The molecule has 1 radical (unpaired) electrons. The third-order valence-electron chi connectivity index (χ3n) is 3.22. The van der Waals surface area contributed by atoms with E-state index in [4.69, 9.17) is 0 Å². The molecule has 0 spiro atoms. The van der Waals surface area contributed by atoms with Crippen LogP contribution in [0.5, 0.6) is 0 Å². The second-order valence-electron chi connectivity index (χ2n) is 4.97. The van der Waals surface area contributed by atoms with Crippen LogP contribution in [0.1, 0.15) is 64.2 Å². The van der Waals surface area contributed by atoms with Gasteiger partial charge in [0.15, 0.2) is 0 Å². The van der Waals surface area contributed by atoms with Crippen molar-refractivity contribution in [1.29, 1.82) is 0 Å². The first-order chi connectivity index (χ1) is 9.41. The Balaban J connectivity index is 0. The molecule has 111 valence electrons. The fourth-order valence-corrected chi connectivity index (χ4v) is 2.09. The van der Waals surface area contributed by atoms with E-state index in [2.05, 4.69) is 13.2 Å². The molecule has 20 heavy (non-hydrogen) atoms. The summed E-state index contributed by atoms with van der Waals surface area (Å²) in [7, 11) is 0. The summed E-state index contributed by atoms with van der Waals surface area (Å²) in [6.07, 6.45) is 18.3. The van der Waals surface area contributed by atoms with E-state index in [0.717, 1.165) is 0 Å². The molecule has 0 amide bonds. The summed E-state index contributed by atoms with van der Waals surface area (Å²) in [5.74, 6) is 0. The van der Waals surface area contributed by atoms with E-state index >= 15 is 0 Å². The fourth-order valence-electron chi connectivity index (χ4n) is 2.09. The van der Waals surface area contributed by atoms with Crippen molar-refractivity contribution in [2.24, 2.45) is 0 Å². The molecule has 0 aliphatic heterocycles. The van der Waals surface area contributed by atoms with Crippen LogP contribution in [-0.2, 0) is 22.4 Å². The molecular weight excluding hydrogens is 409 g/mol. The molecule has 2 aliphatic carbocycles. The number of rotatable bonds is 1. The minimum absolute atomic E-state index is 0. The maximum Gasteiger partial charge on any atom is 2.00 e. The molecule has 0 N–H and O–H groups in total. The van der Waals surface area contributed by atoms with Gasteiger partial charge in [0.1, 0.15) is 0 Å². The fraction of sp³-hybridized carbons (Fsp3) is 0.526. The first-order valence-corrected chi connectivity index (χ1v) is 7.82. The zero-order chi connectivity index (χ0) is 14.0. The Labute approximate surface area is 142 Å². The van der Waals surface area contributed by atoms with Crippen LogP contribution in [0, 0.1) is 0 Å².